The van der Waals surface area contributed by atoms with Gasteiger partial charge in [0.25, 0.3) is 11.8 Å². The molecule has 0 aromatic heterocycles. The van der Waals surface area contributed by atoms with E-state index in [1.54, 1.807) is 35.2 Å². The fraction of sp³-hybridized carbons (Fsp3) is 0.300. The van der Waals surface area contributed by atoms with Gasteiger partial charge in [0.15, 0.2) is 12.4 Å². The molecule has 1 N–H and O–H groups in total. The second kappa shape index (κ2) is 9.16. The van der Waals surface area contributed by atoms with E-state index in [2.05, 4.69) is 10.2 Å². The summed E-state index contributed by atoms with van der Waals surface area (Å²) in [4.78, 5) is 39.2. The molecule has 0 bridgehead atoms. The van der Waals surface area contributed by atoms with Crippen molar-refractivity contribution in [2.45, 2.75) is 0 Å². The Morgan fingerprint density at radius 1 is 1.10 bits per heavy atom. The maximum absolute atomic E-state index is 12.7. The van der Waals surface area contributed by atoms with Crippen molar-refractivity contribution in [2.75, 3.05) is 45.2 Å². The second-order valence-corrected chi connectivity index (χ2v) is 6.74. The monoisotopic (exact) mass is 398 g/mol. The molecule has 1 aliphatic heterocycles. The number of nitrogens with zero attached hydrogens (tertiary/aromatic N) is 3. The van der Waals surface area contributed by atoms with E-state index in [0.29, 0.717) is 24.3 Å². The minimum Gasteiger partial charge on any atom is -0.477 e. The van der Waals surface area contributed by atoms with Crippen LogP contribution in [-0.2, 0) is 4.79 Å². The maximum Gasteiger partial charge on any atom is 0.310 e. The Morgan fingerprint density at radius 3 is 2.55 bits per heavy atom. The fourth-order valence-electron chi connectivity index (χ4n) is 2.99. The average Bonchev–Trinajstić information content (AvgIpc) is 2.72. The molecular formula is C20H22N4O5. The number of piperazine rings is 1. The molecular weight excluding hydrogens is 376 g/mol. The summed E-state index contributed by atoms with van der Waals surface area (Å²) in [5.74, 6) is -0.538. The van der Waals surface area contributed by atoms with Crippen molar-refractivity contribution in [3.8, 4) is 5.75 Å². The van der Waals surface area contributed by atoms with E-state index < -0.39 is 10.8 Å². The number of carbonyl (C=O) groups excluding carboxylic acids is 2. The summed E-state index contributed by atoms with van der Waals surface area (Å²) in [6.45, 7) is 2.59. The zero-order valence-corrected chi connectivity index (χ0v) is 16.0. The summed E-state index contributed by atoms with van der Waals surface area (Å²) in [5, 5.41) is 13.6. The Bertz CT molecular complexity index is 909. The summed E-state index contributed by atoms with van der Waals surface area (Å²) < 4.78 is 5.28. The van der Waals surface area contributed by atoms with Crippen LogP contribution in [0.5, 0.6) is 5.75 Å². The lowest BCUT2D eigenvalue weighted by Crippen LogP contribution is -2.47. The van der Waals surface area contributed by atoms with Gasteiger partial charge in [-0.15, -0.1) is 0 Å². The Hall–Kier alpha value is -3.46. The number of likely N-dealkylation sites (N-methyl/N-ethyl adjacent to an activating group) is 1. The van der Waals surface area contributed by atoms with Crippen LogP contribution in [0.4, 0.5) is 11.4 Å². The lowest BCUT2D eigenvalue weighted by molar-refractivity contribution is -0.385. The third kappa shape index (κ3) is 5.29. The smallest absolute Gasteiger partial charge is 0.310 e. The molecule has 9 heteroatoms. The number of nitro benzene ring substituents is 1. The SMILES string of the molecule is CN1CCN(C(=O)c2cccc(NC(=O)COc3ccccc3[N+](=O)[O-])c2)CC1. The molecule has 1 heterocycles. The van der Waals surface area contributed by atoms with Crippen molar-refractivity contribution >= 4 is 23.2 Å². The molecule has 1 saturated heterocycles. The highest BCUT2D eigenvalue weighted by Gasteiger charge is 2.21. The Labute approximate surface area is 168 Å². The normalized spacial score (nSPS) is 14.3. The van der Waals surface area contributed by atoms with E-state index in [0.717, 1.165) is 13.1 Å². The van der Waals surface area contributed by atoms with Gasteiger partial charge < -0.3 is 19.9 Å². The van der Waals surface area contributed by atoms with Gasteiger partial charge in [0.1, 0.15) is 0 Å². The first-order valence-corrected chi connectivity index (χ1v) is 9.18. The number of rotatable bonds is 6. The number of carbonyl (C=O) groups is 2. The van der Waals surface area contributed by atoms with Crippen LogP contribution >= 0.6 is 0 Å². The van der Waals surface area contributed by atoms with Crippen LogP contribution in [0.25, 0.3) is 0 Å². The van der Waals surface area contributed by atoms with Crippen LogP contribution in [0.1, 0.15) is 10.4 Å². The summed E-state index contributed by atoms with van der Waals surface area (Å²) in [7, 11) is 2.02. The number of hydrogen-bond donors (Lipinski definition) is 1. The third-order valence-electron chi connectivity index (χ3n) is 4.60. The Balaban J connectivity index is 1.59. The highest BCUT2D eigenvalue weighted by atomic mass is 16.6. The summed E-state index contributed by atoms with van der Waals surface area (Å²) in [6.07, 6.45) is 0. The second-order valence-electron chi connectivity index (χ2n) is 6.74. The van der Waals surface area contributed by atoms with E-state index in [1.165, 1.54) is 18.2 Å². The number of anilines is 1. The van der Waals surface area contributed by atoms with Crippen molar-refractivity contribution < 1.29 is 19.2 Å². The van der Waals surface area contributed by atoms with Crippen molar-refractivity contribution in [3.05, 3.63) is 64.2 Å². The van der Waals surface area contributed by atoms with Crippen LogP contribution in [-0.4, -0.2) is 66.4 Å². The van der Waals surface area contributed by atoms with Crippen molar-refractivity contribution in [2.24, 2.45) is 0 Å². The molecule has 0 saturated carbocycles. The van der Waals surface area contributed by atoms with Gasteiger partial charge in [0.2, 0.25) is 0 Å². The lowest BCUT2D eigenvalue weighted by atomic mass is 10.1. The number of para-hydroxylation sites is 2. The molecule has 1 fully saturated rings. The first kappa shape index (κ1) is 20.3. The zero-order chi connectivity index (χ0) is 20.8. The van der Waals surface area contributed by atoms with Gasteiger partial charge in [-0.3, -0.25) is 19.7 Å². The molecule has 2 aromatic carbocycles. The Morgan fingerprint density at radius 2 is 1.83 bits per heavy atom. The van der Waals surface area contributed by atoms with Crippen molar-refractivity contribution in [1.29, 1.82) is 0 Å². The molecule has 9 nitrogen and oxygen atoms in total. The number of hydrogen-bond acceptors (Lipinski definition) is 6. The molecule has 0 spiro atoms. The molecule has 152 valence electrons. The molecule has 1 aliphatic rings. The van der Waals surface area contributed by atoms with Gasteiger partial charge in [-0.25, -0.2) is 0 Å². The van der Waals surface area contributed by atoms with E-state index in [9.17, 15) is 19.7 Å². The molecule has 0 unspecified atom stereocenters. The number of ether oxygens (including phenoxy) is 1. The standard InChI is InChI=1S/C20H22N4O5/c1-22-9-11-23(12-10-22)20(26)15-5-4-6-16(13-15)21-19(25)14-29-18-8-3-2-7-17(18)24(27)28/h2-8,13H,9-12,14H2,1H3,(H,21,25). The molecule has 29 heavy (non-hydrogen) atoms. The largest absolute Gasteiger partial charge is 0.477 e. The van der Waals surface area contributed by atoms with Gasteiger partial charge >= 0.3 is 5.69 Å². The van der Waals surface area contributed by atoms with Crippen molar-refractivity contribution in [3.63, 3.8) is 0 Å². The number of amides is 2. The van der Waals surface area contributed by atoms with Gasteiger partial charge in [-0.1, -0.05) is 18.2 Å². The molecule has 2 aromatic rings. The van der Waals surface area contributed by atoms with Gasteiger partial charge in [0.05, 0.1) is 4.92 Å². The van der Waals surface area contributed by atoms with E-state index >= 15 is 0 Å². The zero-order valence-electron chi connectivity index (χ0n) is 16.0. The quantitative estimate of drug-likeness (QED) is 0.589. The number of nitro groups is 1. The minimum atomic E-state index is -0.569. The topological polar surface area (TPSA) is 105 Å². The van der Waals surface area contributed by atoms with Crippen molar-refractivity contribution in [1.82, 2.24) is 9.80 Å². The molecule has 0 aliphatic carbocycles. The predicted octanol–water partition coefficient (Wildman–Crippen LogP) is 2.00. The molecule has 3 rings (SSSR count). The van der Waals surface area contributed by atoms with Gasteiger partial charge in [-0.05, 0) is 31.3 Å². The first-order chi connectivity index (χ1) is 13.9. The van der Waals surface area contributed by atoms with Gasteiger partial charge in [-0.2, -0.15) is 0 Å². The summed E-state index contributed by atoms with van der Waals surface area (Å²) in [6, 6.07) is 12.5. The molecule has 0 radical (unpaired) electrons. The van der Waals surface area contributed by atoms with Crippen LogP contribution < -0.4 is 10.1 Å². The van der Waals surface area contributed by atoms with Crippen LogP contribution in [0.15, 0.2) is 48.5 Å². The van der Waals surface area contributed by atoms with Gasteiger partial charge in [0, 0.05) is 43.5 Å². The van der Waals surface area contributed by atoms with E-state index in [1.807, 2.05) is 7.05 Å². The minimum absolute atomic E-state index is 0.0200. The summed E-state index contributed by atoms with van der Waals surface area (Å²) >= 11 is 0. The number of nitrogens with one attached hydrogen (secondary N) is 1. The maximum atomic E-state index is 12.7. The summed E-state index contributed by atoms with van der Waals surface area (Å²) in [5.41, 5.74) is 0.744. The third-order valence-corrected chi connectivity index (χ3v) is 4.60. The number of benzene rings is 2. The highest BCUT2D eigenvalue weighted by Crippen LogP contribution is 2.25. The molecule has 2 amide bonds. The Kier molecular flexibility index (Phi) is 6.40. The predicted molar refractivity (Wildman–Crippen MR) is 107 cm³/mol. The lowest BCUT2D eigenvalue weighted by Gasteiger charge is -2.32. The van der Waals surface area contributed by atoms with Crippen LogP contribution in [0.3, 0.4) is 0 Å². The highest BCUT2D eigenvalue weighted by molar-refractivity contribution is 5.97. The van der Waals surface area contributed by atoms with Crippen LogP contribution in [0, 0.1) is 10.1 Å². The first-order valence-electron chi connectivity index (χ1n) is 9.18. The fourth-order valence-corrected chi connectivity index (χ4v) is 2.99. The van der Waals surface area contributed by atoms with E-state index in [-0.39, 0.29) is 24.0 Å². The van der Waals surface area contributed by atoms with Crippen LogP contribution in [0.2, 0.25) is 0 Å². The average molecular weight is 398 g/mol. The van der Waals surface area contributed by atoms with E-state index in [4.69, 9.17) is 4.74 Å². The molecule has 0 atom stereocenters.